The maximum atomic E-state index is 12.9. The Kier molecular flexibility index (Phi) is 6.47. The number of fused-ring (bicyclic) bond motifs is 4. The van der Waals surface area contributed by atoms with Gasteiger partial charge in [0.25, 0.3) is 0 Å². The third-order valence-corrected chi connectivity index (χ3v) is 7.79. The summed E-state index contributed by atoms with van der Waals surface area (Å²) in [7, 11) is 1.47. The van der Waals surface area contributed by atoms with Gasteiger partial charge >= 0.3 is 12.1 Å². The van der Waals surface area contributed by atoms with Crippen molar-refractivity contribution >= 4 is 18.0 Å². The quantitative estimate of drug-likeness (QED) is 0.537. The van der Waals surface area contributed by atoms with Crippen LogP contribution in [-0.4, -0.2) is 55.5 Å². The second kappa shape index (κ2) is 9.70. The fraction of sp³-hybridized carbons (Fsp3) is 0.444. The molecule has 5 atom stereocenters. The zero-order chi connectivity index (χ0) is 24.5. The number of rotatable bonds is 8. The molecular weight excluding hydrogens is 448 g/mol. The summed E-state index contributed by atoms with van der Waals surface area (Å²) in [6.07, 6.45) is 1.35. The lowest BCUT2D eigenvalue weighted by molar-refractivity contribution is -0.141. The van der Waals surface area contributed by atoms with Crippen molar-refractivity contribution in [2.45, 2.75) is 37.3 Å². The first kappa shape index (κ1) is 23.4. The van der Waals surface area contributed by atoms with Gasteiger partial charge in [-0.2, -0.15) is 0 Å². The summed E-state index contributed by atoms with van der Waals surface area (Å²) in [6, 6.07) is 15.2. The molecule has 1 unspecified atom stereocenters. The third kappa shape index (κ3) is 4.50. The Labute approximate surface area is 204 Å². The maximum absolute atomic E-state index is 12.9. The molecule has 8 nitrogen and oxygen atoms in total. The lowest BCUT2D eigenvalue weighted by atomic mass is 9.71. The Hall–Kier alpha value is -3.39. The van der Waals surface area contributed by atoms with Crippen LogP contribution in [0.15, 0.2) is 48.5 Å². The van der Waals surface area contributed by atoms with E-state index in [1.807, 2.05) is 36.4 Å². The molecular formula is C27H30N2O6. The van der Waals surface area contributed by atoms with Gasteiger partial charge in [0.15, 0.2) is 0 Å². The van der Waals surface area contributed by atoms with Gasteiger partial charge in [0.05, 0.1) is 12.5 Å². The van der Waals surface area contributed by atoms with Crippen molar-refractivity contribution < 1.29 is 29.0 Å². The first-order valence-electron chi connectivity index (χ1n) is 12.1. The van der Waals surface area contributed by atoms with E-state index in [1.165, 1.54) is 7.11 Å². The molecule has 3 N–H and O–H groups in total. The van der Waals surface area contributed by atoms with Gasteiger partial charge in [-0.3, -0.25) is 9.59 Å². The van der Waals surface area contributed by atoms with Crippen molar-refractivity contribution in [3.8, 4) is 11.1 Å². The van der Waals surface area contributed by atoms with Crippen LogP contribution in [0.4, 0.5) is 4.79 Å². The molecule has 2 fully saturated rings. The van der Waals surface area contributed by atoms with Gasteiger partial charge in [0.2, 0.25) is 5.91 Å². The summed E-state index contributed by atoms with van der Waals surface area (Å²) in [6.45, 7) is 0.165. The highest BCUT2D eigenvalue weighted by Crippen LogP contribution is 2.49. The van der Waals surface area contributed by atoms with Crippen molar-refractivity contribution in [3.63, 3.8) is 0 Å². The number of alkyl carbamates (subject to hydrolysis) is 1. The van der Waals surface area contributed by atoms with Crippen molar-refractivity contribution in [1.29, 1.82) is 0 Å². The van der Waals surface area contributed by atoms with Crippen LogP contribution in [0.1, 0.15) is 36.3 Å². The highest BCUT2D eigenvalue weighted by atomic mass is 16.5. The molecule has 0 heterocycles. The van der Waals surface area contributed by atoms with E-state index in [0.717, 1.165) is 28.7 Å². The number of aliphatic carboxylic acids is 1. The van der Waals surface area contributed by atoms with Crippen LogP contribution in [0.2, 0.25) is 0 Å². The average Bonchev–Trinajstić information content (AvgIpc) is 3.36. The predicted octanol–water partition coefficient (Wildman–Crippen LogP) is 3.16. The molecule has 0 saturated heterocycles. The van der Waals surface area contributed by atoms with Gasteiger partial charge in [-0.25, -0.2) is 4.79 Å². The minimum Gasteiger partial charge on any atom is -0.481 e. The Bertz CT molecular complexity index is 1090. The highest BCUT2D eigenvalue weighted by molar-refractivity contribution is 5.86. The monoisotopic (exact) mass is 478 g/mol. The fourth-order valence-corrected chi connectivity index (χ4v) is 6.01. The minimum absolute atomic E-state index is 0.00853. The van der Waals surface area contributed by atoms with Crippen molar-refractivity contribution in [3.05, 3.63) is 59.7 Å². The Morgan fingerprint density at radius 3 is 2.29 bits per heavy atom. The molecule has 3 aliphatic rings. The number of amides is 2. The zero-order valence-corrected chi connectivity index (χ0v) is 19.6. The Morgan fingerprint density at radius 2 is 1.66 bits per heavy atom. The molecule has 2 aromatic rings. The number of carboxylic acid groups (broad SMARTS) is 1. The Morgan fingerprint density at radius 1 is 1.00 bits per heavy atom. The van der Waals surface area contributed by atoms with Crippen LogP contribution < -0.4 is 10.6 Å². The van der Waals surface area contributed by atoms with Crippen molar-refractivity contribution in [2.75, 3.05) is 20.3 Å². The minimum atomic E-state index is -0.897. The average molecular weight is 479 g/mol. The number of methoxy groups -OCH3 is 1. The molecule has 0 aliphatic heterocycles. The molecule has 35 heavy (non-hydrogen) atoms. The number of carboxylic acids is 1. The second-order valence-corrected chi connectivity index (χ2v) is 9.76. The smallest absolute Gasteiger partial charge is 0.407 e. The van der Waals surface area contributed by atoms with Crippen LogP contribution in [0.25, 0.3) is 11.1 Å². The summed E-state index contributed by atoms with van der Waals surface area (Å²) < 4.78 is 10.7. The normalized spacial score (nSPS) is 24.9. The molecule has 2 amide bonds. The number of hydrogen-bond donors (Lipinski definition) is 3. The predicted molar refractivity (Wildman–Crippen MR) is 128 cm³/mol. The van der Waals surface area contributed by atoms with Gasteiger partial charge in [-0.15, -0.1) is 0 Å². The highest BCUT2D eigenvalue weighted by Gasteiger charge is 2.50. The van der Waals surface area contributed by atoms with Gasteiger partial charge in [0, 0.05) is 19.1 Å². The van der Waals surface area contributed by atoms with Gasteiger partial charge in [0.1, 0.15) is 12.6 Å². The van der Waals surface area contributed by atoms with E-state index in [4.69, 9.17) is 9.47 Å². The molecule has 2 saturated carbocycles. The van der Waals surface area contributed by atoms with Crippen molar-refractivity contribution in [2.24, 2.45) is 17.8 Å². The Balaban J connectivity index is 1.17. The number of benzene rings is 2. The number of hydrogen-bond acceptors (Lipinski definition) is 5. The molecule has 2 aromatic carbocycles. The van der Waals surface area contributed by atoms with E-state index in [1.54, 1.807) is 0 Å². The summed E-state index contributed by atoms with van der Waals surface area (Å²) >= 11 is 0. The molecule has 0 radical (unpaired) electrons. The third-order valence-electron chi connectivity index (χ3n) is 7.79. The van der Waals surface area contributed by atoms with E-state index in [-0.39, 0.29) is 42.9 Å². The molecule has 5 rings (SSSR count). The number of carbonyl (C=O) groups excluding carboxylic acids is 2. The lowest BCUT2D eigenvalue weighted by Gasteiger charge is -2.41. The van der Waals surface area contributed by atoms with Crippen LogP contribution >= 0.6 is 0 Å². The molecule has 3 aliphatic carbocycles. The van der Waals surface area contributed by atoms with E-state index >= 15 is 0 Å². The van der Waals surface area contributed by atoms with E-state index in [9.17, 15) is 19.5 Å². The van der Waals surface area contributed by atoms with Crippen molar-refractivity contribution in [1.82, 2.24) is 10.6 Å². The summed E-state index contributed by atoms with van der Waals surface area (Å²) in [5.74, 6) is -0.990. The second-order valence-electron chi connectivity index (χ2n) is 9.76. The van der Waals surface area contributed by atoms with Gasteiger partial charge in [-0.1, -0.05) is 48.5 Å². The number of nitrogens with one attached hydrogen (secondary N) is 2. The molecule has 0 aromatic heterocycles. The summed E-state index contributed by atoms with van der Waals surface area (Å²) in [5, 5.41) is 14.9. The van der Waals surface area contributed by atoms with Gasteiger partial charge in [-0.05, 0) is 53.4 Å². The maximum Gasteiger partial charge on any atom is 0.407 e. The summed E-state index contributed by atoms with van der Waals surface area (Å²) in [4.78, 5) is 36.8. The van der Waals surface area contributed by atoms with Crippen LogP contribution in [0.5, 0.6) is 0 Å². The zero-order valence-electron chi connectivity index (χ0n) is 19.6. The van der Waals surface area contributed by atoms with E-state index in [2.05, 4.69) is 22.8 Å². The van der Waals surface area contributed by atoms with Crippen LogP contribution in [-0.2, 0) is 19.1 Å². The van der Waals surface area contributed by atoms with Crippen LogP contribution in [0.3, 0.4) is 0 Å². The molecule has 0 bridgehead atoms. The standard InChI is InChI=1S/C27H30N2O6/c1-34-14-24(25(30)28-23-12-15-10-16(26(31)32)11-21(15)23)29-27(33)35-13-22-19-8-4-2-6-17(19)18-7-3-5-9-20(18)22/h2-9,15-16,21-24H,10-14H2,1H3,(H,28,30)(H,29,33)(H,31,32)/t15-,16?,21-,23+,24+/m1/s1. The van der Waals surface area contributed by atoms with Gasteiger partial charge < -0.3 is 25.2 Å². The largest absolute Gasteiger partial charge is 0.481 e. The van der Waals surface area contributed by atoms with E-state index in [0.29, 0.717) is 18.8 Å². The number of carbonyl (C=O) groups is 3. The molecule has 8 heteroatoms. The lowest BCUT2D eigenvalue weighted by Crippen LogP contribution is -2.57. The first-order valence-corrected chi connectivity index (χ1v) is 12.1. The first-order chi connectivity index (χ1) is 17.0. The number of ether oxygens (including phenoxy) is 2. The molecule has 0 spiro atoms. The topological polar surface area (TPSA) is 114 Å². The SMILES string of the molecule is COC[C@H](NC(=O)OCC1c2ccccc2-c2ccccc21)C(=O)N[C@H]1C[C@H]2CC(C(=O)O)C[C@H]21. The fourth-order valence-electron chi connectivity index (χ4n) is 6.01. The summed E-state index contributed by atoms with van der Waals surface area (Å²) in [5.41, 5.74) is 4.51. The van der Waals surface area contributed by atoms with E-state index < -0.39 is 18.1 Å². The van der Waals surface area contributed by atoms with Crippen LogP contribution in [0, 0.1) is 17.8 Å². The molecule has 184 valence electrons.